The molecule has 0 bridgehead atoms. The molecule has 134 valence electrons. The fourth-order valence-corrected chi connectivity index (χ4v) is 2.94. The molecule has 2 aromatic carbocycles. The molecular formula is C18H17N3O5. The van der Waals surface area contributed by atoms with E-state index in [1.807, 2.05) is 0 Å². The van der Waals surface area contributed by atoms with Crippen LogP contribution in [0.4, 0.5) is 11.4 Å². The number of carbonyl (C=O) groups is 2. The zero-order valence-corrected chi connectivity index (χ0v) is 14.1. The van der Waals surface area contributed by atoms with Crippen LogP contribution in [0, 0.1) is 10.1 Å². The van der Waals surface area contributed by atoms with Crippen LogP contribution < -0.4 is 4.90 Å². The normalized spacial score (nSPS) is 13.1. The van der Waals surface area contributed by atoms with E-state index < -0.39 is 4.92 Å². The van der Waals surface area contributed by atoms with Gasteiger partial charge >= 0.3 is 0 Å². The Hall–Kier alpha value is -3.26. The third-order valence-corrected chi connectivity index (χ3v) is 4.37. The van der Waals surface area contributed by atoms with E-state index in [9.17, 15) is 24.8 Å². The molecule has 1 heterocycles. The molecule has 0 fully saturated rings. The van der Waals surface area contributed by atoms with Crippen molar-refractivity contribution in [3.63, 3.8) is 0 Å². The fraction of sp³-hybridized carbons (Fsp3) is 0.222. The molecule has 2 amide bonds. The summed E-state index contributed by atoms with van der Waals surface area (Å²) in [4.78, 5) is 38.2. The van der Waals surface area contributed by atoms with E-state index in [0.29, 0.717) is 22.4 Å². The Morgan fingerprint density at radius 2 is 1.73 bits per heavy atom. The molecule has 1 N–H and O–H groups in total. The number of anilines is 1. The summed E-state index contributed by atoms with van der Waals surface area (Å²) in [6, 6.07) is 11.0. The van der Waals surface area contributed by atoms with Crippen LogP contribution >= 0.6 is 0 Å². The lowest BCUT2D eigenvalue weighted by Crippen LogP contribution is -2.37. The van der Waals surface area contributed by atoms with Gasteiger partial charge < -0.3 is 10.0 Å². The number of nitrogens with zero attached hydrogens (tertiary/aromatic N) is 3. The highest BCUT2D eigenvalue weighted by Gasteiger charge is 2.35. The first-order valence-corrected chi connectivity index (χ1v) is 7.98. The lowest BCUT2D eigenvalue weighted by atomic mass is 10.1. The van der Waals surface area contributed by atoms with E-state index in [2.05, 4.69) is 0 Å². The van der Waals surface area contributed by atoms with E-state index in [-0.39, 0.29) is 37.2 Å². The number of imide groups is 1. The predicted molar refractivity (Wildman–Crippen MR) is 94.1 cm³/mol. The van der Waals surface area contributed by atoms with Crippen molar-refractivity contribution in [1.82, 2.24) is 4.90 Å². The topological polar surface area (TPSA) is 104 Å². The fourth-order valence-electron chi connectivity index (χ4n) is 2.94. The second kappa shape index (κ2) is 6.93. The third-order valence-electron chi connectivity index (χ3n) is 4.37. The van der Waals surface area contributed by atoms with Gasteiger partial charge in [0.15, 0.2) is 0 Å². The van der Waals surface area contributed by atoms with Crippen molar-refractivity contribution in [3.05, 3.63) is 69.3 Å². The summed E-state index contributed by atoms with van der Waals surface area (Å²) in [6.07, 6.45) is 0. The molecule has 0 aromatic heterocycles. The predicted octanol–water partition coefficient (Wildman–Crippen LogP) is 1.82. The highest BCUT2D eigenvalue weighted by atomic mass is 16.6. The van der Waals surface area contributed by atoms with Gasteiger partial charge in [-0.05, 0) is 29.8 Å². The van der Waals surface area contributed by atoms with E-state index in [4.69, 9.17) is 0 Å². The quantitative estimate of drug-likeness (QED) is 0.481. The van der Waals surface area contributed by atoms with Crippen LogP contribution in [0.25, 0.3) is 0 Å². The standard InChI is InChI=1S/C18H17N3O5/c1-19(16-10-12(11-22)6-7-15(16)21(25)26)8-9-20-17(23)13-4-2-3-5-14(13)18(20)24/h2-7,10,22H,8-9,11H2,1H3. The molecule has 0 atom stereocenters. The lowest BCUT2D eigenvalue weighted by molar-refractivity contribution is -0.384. The summed E-state index contributed by atoms with van der Waals surface area (Å²) in [5, 5.41) is 20.5. The molecule has 0 spiro atoms. The van der Waals surface area contributed by atoms with Gasteiger partial charge in [0.25, 0.3) is 17.5 Å². The van der Waals surface area contributed by atoms with Gasteiger partial charge in [-0.25, -0.2) is 0 Å². The molecule has 8 nitrogen and oxygen atoms in total. The van der Waals surface area contributed by atoms with Crippen molar-refractivity contribution in [1.29, 1.82) is 0 Å². The summed E-state index contributed by atoms with van der Waals surface area (Å²) < 4.78 is 0. The maximum absolute atomic E-state index is 12.4. The van der Waals surface area contributed by atoms with Crippen LogP contribution in [0.5, 0.6) is 0 Å². The Morgan fingerprint density at radius 3 is 2.27 bits per heavy atom. The van der Waals surface area contributed by atoms with Crippen LogP contribution in [-0.2, 0) is 6.61 Å². The number of hydrogen-bond donors (Lipinski definition) is 1. The Balaban J connectivity index is 1.78. The van der Waals surface area contributed by atoms with Gasteiger partial charge in [0.2, 0.25) is 0 Å². The van der Waals surface area contributed by atoms with Crippen LogP contribution in [0.1, 0.15) is 26.3 Å². The van der Waals surface area contributed by atoms with Gasteiger partial charge in [-0.3, -0.25) is 24.6 Å². The number of benzene rings is 2. The molecule has 0 unspecified atom stereocenters. The summed E-state index contributed by atoms with van der Waals surface area (Å²) >= 11 is 0. The van der Waals surface area contributed by atoms with E-state index in [0.717, 1.165) is 4.90 Å². The van der Waals surface area contributed by atoms with Gasteiger partial charge in [0.05, 0.1) is 22.7 Å². The van der Waals surface area contributed by atoms with Crippen molar-refractivity contribution in [2.24, 2.45) is 0 Å². The van der Waals surface area contributed by atoms with Crippen LogP contribution in [0.15, 0.2) is 42.5 Å². The molecule has 0 saturated heterocycles. The van der Waals surface area contributed by atoms with Crippen molar-refractivity contribution >= 4 is 23.2 Å². The second-order valence-electron chi connectivity index (χ2n) is 5.97. The second-order valence-corrected chi connectivity index (χ2v) is 5.97. The Labute approximate surface area is 149 Å². The Kier molecular flexibility index (Phi) is 4.68. The zero-order valence-electron chi connectivity index (χ0n) is 14.1. The lowest BCUT2D eigenvalue weighted by Gasteiger charge is -2.22. The number of fused-ring (bicyclic) bond motifs is 1. The monoisotopic (exact) mass is 355 g/mol. The van der Waals surface area contributed by atoms with E-state index >= 15 is 0 Å². The van der Waals surface area contributed by atoms with Gasteiger partial charge in [-0.2, -0.15) is 0 Å². The highest BCUT2D eigenvalue weighted by molar-refractivity contribution is 6.21. The first-order valence-electron chi connectivity index (χ1n) is 7.98. The number of rotatable bonds is 6. The summed E-state index contributed by atoms with van der Waals surface area (Å²) in [7, 11) is 1.64. The van der Waals surface area contributed by atoms with Crippen molar-refractivity contribution in [3.8, 4) is 0 Å². The molecule has 0 saturated carbocycles. The van der Waals surface area contributed by atoms with E-state index in [1.54, 1.807) is 36.2 Å². The third kappa shape index (κ3) is 3.02. The van der Waals surface area contributed by atoms with Gasteiger partial charge in [0, 0.05) is 26.2 Å². The number of hydrogen-bond acceptors (Lipinski definition) is 6. The summed E-state index contributed by atoms with van der Waals surface area (Å²) in [5.41, 5.74) is 1.49. The molecule has 0 radical (unpaired) electrons. The molecular weight excluding hydrogens is 338 g/mol. The number of likely N-dealkylation sites (N-methyl/N-ethyl adjacent to an activating group) is 1. The number of carbonyl (C=O) groups excluding carboxylic acids is 2. The maximum atomic E-state index is 12.4. The molecule has 1 aliphatic rings. The zero-order chi connectivity index (χ0) is 18.8. The largest absolute Gasteiger partial charge is 0.392 e. The van der Waals surface area contributed by atoms with Gasteiger partial charge in [-0.1, -0.05) is 12.1 Å². The summed E-state index contributed by atoms with van der Waals surface area (Å²) in [6.45, 7) is 0.0851. The number of nitro benzene ring substituents is 1. The van der Waals surface area contributed by atoms with Crippen LogP contribution in [0.2, 0.25) is 0 Å². The molecule has 3 rings (SSSR count). The molecule has 1 aliphatic heterocycles. The minimum atomic E-state index is -0.505. The molecule has 0 aliphatic carbocycles. The number of amides is 2. The van der Waals surface area contributed by atoms with Crippen molar-refractivity contribution in [2.75, 3.05) is 25.0 Å². The Bertz CT molecular complexity index is 861. The first kappa shape index (κ1) is 17.6. The molecule has 2 aromatic rings. The first-order chi connectivity index (χ1) is 12.4. The molecule has 8 heteroatoms. The SMILES string of the molecule is CN(CCN1C(=O)c2ccccc2C1=O)c1cc(CO)ccc1[N+](=O)[O-]. The minimum Gasteiger partial charge on any atom is -0.392 e. The van der Waals surface area contributed by atoms with Gasteiger partial charge in [-0.15, -0.1) is 0 Å². The van der Waals surface area contributed by atoms with Crippen LogP contribution in [-0.4, -0.2) is 46.9 Å². The van der Waals surface area contributed by atoms with Crippen molar-refractivity contribution in [2.45, 2.75) is 6.61 Å². The highest BCUT2D eigenvalue weighted by Crippen LogP contribution is 2.29. The number of aliphatic hydroxyl groups is 1. The van der Waals surface area contributed by atoms with Crippen LogP contribution in [0.3, 0.4) is 0 Å². The smallest absolute Gasteiger partial charge is 0.292 e. The van der Waals surface area contributed by atoms with Gasteiger partial charge in [0.1, 0.15) is 5.69 Å². The molecule has 26 heavy (non-hydrogen) atoms. The minimum absolute atomic E-state index is 0.101. The van der Waals surface area contributed by atoms with E-state index in [1.165, 1.54) is 18.2 Å². The summed E-state index contributed by atoms with van der Waals surface area (Å²) in [5.74, 6) is -0.727. The number of nitro groups is 1. The average molecular weight is 355 g/mol. The Morgan fingerprint density at radius 1 is 1.12 bits per heavy atom. The number of aliphatic hydroxyl groups excluding tert-OH is 1. The average Bonchev–Trinajstić information content (AvgIpc) is 2.90. The van der Waals surface area contributed by atoms with Crippen molar-refractivity contribution < 1.29 is 19.6 Å². The maximum Gasteiger partial charge on any atom is 0.292 e.